The third-order valence-electron chi connectivity index (χ3n) is 0. The van der Waals surface area contributed by atoms with Gasteiger partial charge in [-0.1, -0.05) is 5.57 Å². The van der Waals surface area contributed by atoms with Crippen LogP contribution in [0.25, 0.3) is 0 Å². The van der Waals surface area contributed by atoms with E-state index in [2.05, 4.69) is 6.58 Å². The van der Waals surface area contributed by atoms with Crippen molar-refractivity contribution >= 4 is 16.2 Å². The monoisotopic (exact) mass is 100 g/mol. The Balaban J connectivity index is 0. The summed E-state index contributed by atoms with van der Waals surface area (Å²) in [5.41, 5.74) is 1.17. The topological polar surface area (TPSA) is 17.1 Å². The molecule has 0 rings (SSSR count). The molecule has 0 fully saturated rings. The van der Waals surface area contributed by atoms with E-state index in [1.807, 2.05) is 13.8 Å². The van der Waals surface area contributed by atoms with E-state index in [0.717, 1.165) is 0 Å². The van der Waals surface area contributed by atoms with E-state index < -0.39 is 0 Å². The molecule has 6 heavy (non-hydrogen) atoms. The summed E-state index contributed by atoms with van der Waals surface area (Å²) >= 11 is 0.611. The third kappa shape index (κ3) is 7320. The fourth-order valence-corrected chi connectivity index (χ4v) is 0. The molecule has 0 atom stereocenters. The molecule has 0 aliphatic carbocycles. The second-order valence-corrected chi connectivity index (χ2v) is 1.21. The molecule has 1 nitrogen and oxygen atoms in total. The van der Waals surface area contributed by atoms with Crippen LogP contribution in [0.2, 0.25) is 0 Å². The number of allylic oxidation sites excluding steroid dienone is 1. The third-order valence-corrected chi connectivity index (χ3v) is 0. The standard InChI is InChI=1S/C4H8.Al.O.H/c1-4(2)3;;;/h1H2,2-3H3;;;. The first-order valence-corrected chi connectivity index (χ1v) is 2.22. The van der Waals surface area contributed by atoms with Gasteiger partial charge in [0.1, 0.15) is 0 Å². The molecule has 0 amide bonds. The zero-order valence-electron chi connectivity index (χ0n) is 4.32. The summed E-state index contributed by atoms with van der Waals surface area (Å²) in [5.74, 6) is 0. The van der Waals surface area contributed by atoms with Crippen molar-refractivity contribution in [3.8, 4) is 0 Å². The zero-order chi connectivity index (χ0) is 5.58. The van der Waals surface area contributed by atoms with Gasteiger partial charge in [0.25, 0.3) is 0 Å². The van der Waals surface area contributed by atoms with Gasteiger partial charge in [-0.25, -0.2) is 0 Å². The van der Waals surface area contributed by atoms with Crippen molar-refractivity contribution in [1.29, 1.82) is 0 Å². The quantitative estimate of drug-likeness (QED) is 0.325. The summed E-state index contributed by atoms with van der Waals surface area (Å²) in [6, 6.07) is 0. The predicted molar refractivity (Wildman–Crippen MR) is 28.3 cm³/mol. The van der Waals surface area contributed by atoms with Crippen LogP contribution in [-0.2, 0) is 3.80 Å². The van der Waals surface area contributed by atoms with Gasteiger partial charge in [-0.2, -0.15) is 0 Å². The minimum absolute atomic E-state index is 0.611. The van der Waals surface area contributed by atoms with Crippen LogP contribution in [0.1, 0.15) is 13.8 Å². The van der Waals surface area contributed by atoms with E-state index in [-0.39, 0.29) is 0 Å². The van der Waals surface area contributed by atoms with Crippen LogP contribution in [0.5, 0.6) is 0 Å². The zero-order valence-corrected chi connectivity index (χ0v) is 5.74. The Morgan fingerprint density at radius 2 is 1.50 bits per heavy atom. The SMILES string of the molecule is C=C(C)C.[O]=[AlH]. The van der Waals surface area contributed by atoms with Gasteiger partial charge in [-0.3, -0.25) is 0 Å². The molecule has 2 heteroatoms. The van der Waals surface area contributed by atoms with E-state index in [9.17, 15) is 0 Å². The molecule has 0 aromatic carbocycles. The van der Waals surface area contributed by atoms with Gasteiger partial charge in [-0.15, -0.1) is 6.58 Å². The first kappa shape index (κ1) is 9.42. The van der Waals surface area contributed by atoms with Gasteiger partial charge in [0.2, 0.25) is 0 Å². The molecule has 0 aromatic heterocycles. The molecule has 0 radical (unpaired) electrons. The second kappa shape index (κ2) is 8.91. The molecular formula is C4H9AlO. The maximum absolute atomic E-state index is 8.28. The Kier molecular flexibility index (Phi) is 14.0. The average Bonchev–Trinajstić information content (AvgIpc) is 1.41. The molecule has 0 unspecified atom stereocenters. The van der Waals surface area contributed by atoms with Crippen LogP contribution < -0.4 is 0 Å². The maximum atomic E-state index is 8.28. The van der Waals surface area contributed by atoms with Crippen molar-refractivity contribution in [2.75, 3.05) is 0 Å². The van der Waals surface area contributed by atoms with Crippen LogP contribution in [0.3, 0.4) is 0 Å². The van der Waals surface area contributed by atoms with Crippen molar-refractivity contribution in [3.63, 3.8) is 0 Å². The molecule has 0 aromatic rings. The Hall–Kier alpha value is 0.0725. The Labute approximate surface area is 46.7 Å². The van der Waals surface area contributed by atoms with Gasteiger partial charge >= 0.3 is 20.0 Å². The molecule has 0 saturated heterocycles. The molecule has 0 saturated carbocycles. The van der Waals surface area contributed by atoms with Gasteiger partial charge in [0, 0.05) is 0 Å². The first-order chi connectivity index (χ1) is 2.73. The Morgan fingerprint density at radius 1 is 1.50 bits per heavy atom. The van der Waals surface area contributed by atoms with Crippen molar-refractivity contribution in [1.82, 2.24) is 0 Å². The molecule has 0 N–H and O–H groups in total. The second-order valence-electron chi connectivity index (χ2n) is 1.21. The van der Waals surface area contributed by atoms with Crippen LogP contribution in [0.4, 0.5) is 0 Å². The van der Waals surface area contributed by atoms with Crippen LogP contribution in [-0.4, -0.2) is 16.2 Å². The molecule has 0 bridgehead atoms. The Bertz CT molecular complexity index is 38.8. The predicted octanol–water partition coefficient (Wildman–Crippen LogP) is 0.815. The van der Waals surface area contributed by atoms with Crippen LogP contribution in [0, 0.1) is 0 Å². The average molecular weight is 100 g/mol. The summed E-state index contributed by atoms with van der Waals surface area (Å²) < 4.78 is 8.28. The normalized spacial score (nSPS) is 4.83. The summed E-state index contributed by atoms with van der Waals surface area (Å²) in [7, 11) is 0. The minimum atomic E-state index is 0.611. The van der Waals surface area contributed by atoms with Gasteiger partial charge in [0.05, 0.1) is 0 Å². The fourth-order valence-electron chi connectivity index (χ4n) is 0. The van der Waals surface area contributed by atoms with Gasteiger partial charge < -0.3 is 0 Å². The Morgan fingerprint density at radius 3 is 1.50 bits per heavy atom. The summed E-state index contributed by atoms with van der Waals surface area (Å²) in [4.78, 5) is 0. The van der Waals surface area contributed by atoms with Crippen LogP contribution >= 0.6 is 0 Å². The van der Waals surface area contributed by atoms with Gasteiger partial charge in [-0.05, 0) is 13.8 Å². The van der Waals surface area contributed by atoms with Crippen molar-refractivity contribution in [2.24, 2.45) is 0 Å². The summed E-state index contributed by atoms with van der Waals surface area (Å²) in [6.07, 6.45) is 0. The molecule has 0 aliphatic heterocycles. The molecule has 34 valence electrons. The molecular weight excluding hydrogens is 91.0 g/mol. The number of hydrogen-bond acceptors (Lipinski definition) is 1. The van der Waals surface area contributed by atoms with E-state index in [4.69, 9.17) is 3.80 Å². The molecule has 0 spiro atoms. The fraction of sp³-hybridized carbons (Fsp3) is 0.500. The van der Waals surface area contributed by atoms with E-state index in [0.29, 0.717) is 16.2 Å². The van der Waals surface area contributed by atoms with Crippen molar-refractivity contribution < 1.29 is 3.80 Å². The molecule has 0 aliphatic rings. The van der Waals surface area contributed by atoms with Crippen LogP contribution in [0.15, 0.2) is 12.2 Å². The van der Waals surface area contributed by atoms with E-state index in [1.54, 1.807) is 0 Å². The van der Waals surface area contributed by atoms with Crippen molar-refractivity contribution in [2.45, 2.75) is 13.8 Å². The number of hydrogen-bond donors (Lipinski definition) is 0. The van der Waals surface area contributed by atoms with Crippen molar-refractivity contribution in [3.05, 3.63) is 12.2 Å². The van der Waals surface area contributed by atoms with E-state index in [1.165, 1.54) is 5.57 Å². The number of rotatable bonds is 0. The van der Waals surface area contributed by atoms with E-state index >= 15 is 0 Å². The summed E-state index contributed by atoms with van der Waals surface area (Å²) in [6.45, 7) is 7.50. The first-order valence-electron chi connectivity index (χ1n) is 1.64. The summed E-state index contributed by atoms with van der Waals surface area (Å²) in [5, 5.41) is 0. The van der Waals surface area contributed by atoms with Gasteiger partial charge in [0.15, 0.2) is 0 Å². The molecule has 0 heterocycles.